The Morgan fingerprint density at radius 1 is 1.44 bits per heavy atom. The van der Waals surface area contributed by atoms with Crippen LogP contribution in [0.4, 0.5) is 0 Å². The van der Waals surface area contributed by atoms with Crippen molar-refractivity contribution in [3.8, 4) is 0 Å². The minimum Gasteiger partial charge on any atom is -0.391 e. The standard InChI is InChI=1S/C10H14Cl2N2O3S/c1-6(2)9(15)5-14-18(16,17)7-3-8(11)10(12)13-4-7/h3-4,6,9,14-15H,5H2,1-2H3. The molecule has 1 rings (SSSR count). The third kappa shape index (κ3) is 4.07. The van der Waals surface area contributed by atoms with Crippen LogP contribution in [0.2, 0.25) is 10.2 Å². The van der Waals surface area contributed by atoms with E-state index in [1.807, 2.05) is 0 Å². The van der Waals surface area contributed by atoms with Crippen molar-refractivity contribution in [3.63, 3.8) is 0 Å². The number of aliphatic hydroxyl groups is 1. The van der Waals surface area contributed by atoms with Crippen LogP contribution in [0.1, 0.15) is 13.8 Å². The molecule has 0 spiro atoms. The highest BCUT2D eigenvalue weighted by molar-refractivity contribution is 7.89. The Morgan fingerprint density at radius 2 is 2.06 bits per heavy atom. The Morgan fingerprint density at radius 3 is 2.56 bits per heavy atom. The summed E-state index contributed by atoms with van der Waals surface area (Å²) in [5.41, 5.74) is 0. The number of pyridine rings is 1. The summed E-state index contributed by atoms with van der Waals surface area (Å²) >= 11 is 11.3. The lowest BCUT2D eigenvalue weighted by Crippen LogP contribution is -2.34. The normalized spacial score (nSPS) is 13.9. The molecule has 0 saturated carbocycles. The molecule has 0 radical (unpaired) electrons. The molecule has 1 heterocycles. The molecular weight excluding hydrogens is 299 g/mol. The molecule has 1 aromatic rings. The summed E-state index contributed by atoms with van der Waals surface area (Å²) in [4.78, 5) is 3.57. The first-order valence-corrected chi connectivity index (χ1v) is 7.46. The molecule has 1 unspecified atom stereocenters. The van der Waals surface area contributed by atoms with Crippen LogP contribution in [-0.2, 0) is 10.0 Å². The predicted octanol–water partition coefficient (Wildman–Crippen LogP) is 1.68. The Kier molecular flexibility index (Phi) is 5.36. The molecule has 1 atom stereocenters. The van der Waals surface area contributed by atoms with Crippen LogP contribution in [-0.4, -0.2) is 31.2 Å². The lowest BCUT2D eigenvalue weighted by Gasteiger charge is -2.15. The molecule has 1 aromatic heterocycles. The minimum absolute atomic E-state index is 0.0397. The van der Waals surface area contributed by atoms with Crippen molar-refractivity contribution in [3.05, 3.63) is 22.4 Å². The second kappa shape index (κ2) is 6.16. The molecular formula is C10H14Cl2N2O3S. The van der Waals surface area contributed by atoms with Gasteiger partial charge in [0.25, 0.3) is 0 Å². The molecule has 0 fully saturated rings. The van der Waals surface area contributed by atoms with Crippen LogP contribution in [0.5, 0.6) is 0 Å². The van der Waals surface area contributed by atoms with Gasteiger partial charge in [-0.3, -0.25) is 0 Å². The van der Waals surface area contributed by atoms with Gasteiger partial charge >= 0.3 is 0 Å². The Bertz CT molecular complexity index is 520. The predicted molar refractivity (Wildman–Crippen MR) is 70.3 cm³/mol. The second-order valence-corrected chi connectivity index (χ2v) is 6.64. The van der Waals surface area contributed by atoms with Gasteiger partial charge < -0.3 is 5.11 Å². The summed E-state index contributed by atoms with van der Waals surface area (Å²) in [7, 11) is -3.74. The van der Waals surface area contributed by atoms with Gasteiger partial charge in [0, 0.05) is 12.7 Å². The fourth-order valence-electron chi connectivity index (χ4n) is 1.06. The lowest BCUT2D eigenvalue weighted by atomic mass is 10.1. The quantitative estimate of drug-likeness (QED) is 0.811. The lowest BCUT2D eigenvalue weighted by molar-refractivity contribution is 0.129. The molecule has 8 heteroatoms. The average Bonchev–Trinajstić information content (AvgIpc) is 2.29. The third-order valence-corrected chi connectivity index (χ3v) is 4.41. The minimum atomic E-state index is -3.74. The van der Waals surface area contributed by atoms with Crippen LogP contribution < -0.4 is 4.72 Å². The van der Waals surface area contributed by atoms with E-state index in [1.54, 1.807) is 13.8 Å². The summed E-state index contributed by atoms with van der Waals surface area (Å²) in [5.74, 6) is -0.0420. The third-order valence-electron chi connectivity index (χ3n) is 2.33. The number of hydrogen-bond acceptors (Lipinski definition) is 4. The van der Waals surface area contributed by atoms with Crippen molar-refractivity contribution >= 4 is 33.2 Å². The molecule has 0 aromatic carbocycles. The van der Waals surface area contributed by atoms with E-state index < -0.39 is 16.1 Å². The van der Waals surface area contributed by atoms with E-state index in [2.05, 4.69) is 9.71 Å². The number of halogens is 2. The van der Waals surface area contributed by atoms with E-state index >= 15 is 0 Å². The number of aromatic nitrogens is 1. The first-order valence-electron chi connectivity index (χ1n) is 5.23. The van der Waals surface area contributed by atoms with Crippen LogP contribution in [0.3, 0.4) is 0 Å². The highest BCUT2D eigenvalue weighted by Crippen LogP contribution is 2.21. The van der Waals surface area contributed by atoms with Gasteiger partial charge in [-0.1, -0.05) is 37.0 Å². The zero-order valence-electron chi connectivity index (χ0n) is 9.89. The van der Waals surface area contributed by atoms with Gasteiger partial charge in [0.1, 0.15) is 10.0 Å². The molecule has 0 saturated heterocycles. The molecule has 5 nitrogen and oxygen atoms in total. The molecule has 2 N–H and O–H groups in total. The van der Waals surface area contributed by atoms with Gasteiger partial charge in [-0.2, -0.15) is 0 Å². The zero-order chi connectivity index (χ0) is 13.9. The van der Waals surface area contributed by atoms with Crippen LogP contribution in [0.15, 0.2) is 17.2 Å². The van der Waals surface area contributed by atoms with Gasteiger partial charge in [0.2, 0.25) is 10.0 Å². The van der Waals surface area contributed by atoms with E-state index in [9.17, 15) is 13.5 Å². The average molecular weight is 313 g/mol. The van der Waals surface area contributed by atoms with E-state index in [1.165, 1.54) is 6.07 Å². The van der Waals surface area contributed by atoms with E-state index in [4.69, 9.17) is 23.2 Å². The van der Waals surface area contributed by atoms with Crippen molar-refractivity contribution in [1.29, 1.82) is 0 Å². The number of sulfonamides is 1. The van der Waals surface area contributed by atoms with Crippen molar-refractivity contribution in [2.75, 3.05) is 6.54 Å². The maximum absolute atomic E-state index is 11.9. The first-order chi connectivity index (χ1) is 8.24. The molecule has 102 valence electrons. The topological polar surface area (TPSA) is 79.3 Å². The number of nitrogens with one attached hydrogen (secondary N) is 1. The Hall–Kier alpha value is -0.400. The molecule has 0 amide bonds. The second-order valence-electron chi connectivity index (χ2n) is 4.11. The highest BCUT2D eigenvalue weighted by Gasteiger charge is 2.18. The number of aliphatic hydroxyl groups excluding tert-OH is 1. The summed E-state index contributed by atoms with van der Waals surface area (Å²) in [6, 6.07) is 1.21. The van der Waals surface area contributed by atoms with Gasteiger partial charge in [-0.05, 0) is 12.0 Å². The van der Waals surface area contributed by atoms with E-state index in [0.29, 0.717) is 0 Å². The van der Waals surface area contributed by atoms with E-state index in [-0.39, 0.29) is 27.5 Å². The summed E-state index contributed by atoms with van der Waals surface area (Å²) in [6.07, 6.45) is 0.355. The van der Waals surface area contributed by atoms with Gasteiger partial charge in [-0.15, -0.1) is 0 Å². The highest BCUT2D eigenvalue weighted by atomic mass is 35.5. The van der Waals surface area contributed by atoms with Crippen molar-refractivity contribution < 1.29 is 13.5 Å². The van der Waals surface area contributed by atoms with Crippen molar-refractivity contribution in [2.45, 2.75) is 24.8 Å². The fraction of sp³-hybridized carbons (Fsp3) is 0.500. The smallest absolute Gasteiger partial charge is 0.242 e. The molecule has 0 aliphatic rings. The Labute approximate surface area is 116 Å². The summed E-state index contributed by atoms with van der Waals surface area (Å²) in [6.45, 7) is 3.51. The monoisotopic (exact) mass is 312 g/mol. The number of hydrogen-bond donors (Lipinski definition) is 2. The van der Waals surface area contributed by atoms with Crippen molar-refractivity contribution in [1.82, 2.24) is 9.71 Å². The maximum atomic E-state index is 11.9. The SMILES string of the molecule is CC(C)C(O)CNS(=O)(=O)c1cnc(Cl)c(Cl)c1. The molecule has 18 heavy (non-hydrogen) atoms. The Balaban J connectivity index is 2.83. The summed E-state index contributed by atoms with van der Waals surface area (Å²) in [5, 5.41) is 9.64. The van der Waals surface area contributed by atoms with Crippen LogP contribution >= 0.6 is 23.2 Å². The zero-order valence-corrected chi connectivity index (χ0v) is 12.2. The number of nitrogens with zero attached hydrogens (tertiary/aromatic N) is 1. The van der Waals surface area contributed by atoms with E-state index in [0.717, 1.165) is 6.20 Å². The van der Waals surface area contributed by atoms with Crippen LogP contribution in [0, 0.1) is 5.92 Å². The summed E-state index contributed by atoms with van der Waals surface area (Å²) < 4.78 is 26.0. The molecule has 0 aliphatic carbocycles. The van der Waals surface area contributed by atoms with Gasteiger partial charge in [-0.25, -0.2) is 18.1 Å². The van der Waals surface area contributed by atoms with Crippen LogP contribution in [0.25, 0.3) is 0 Å². The fourth-order valence-corrected chi connectivity index (χ4v) is 2.42. The van der Waals surface area contributed by atoms with Gasteiger partial charge in [0.15, 0.2) is 0 Å². The van der Waals surface area contributed by atoms with Gasteiger partial charge in [0.05, 0.1) is 11.1 Å². The first kappa shape index (κ1) is 15.7. The van der Waals surface area contributed by atoms with Crippen molar-refractivity contribution in [2.24, 2.45) is 5.92 Å². The largest absolute Gasteiger partial charge is 0.391 e. The molecule has 0 aliphatic heterocycles. The maximum Gasteiger partial charge on any atom is 0.242 e. The number of rotatable bonds is 5. The molecule has 0 bridgehead atoms.